The number of para-hydroxylation sites is 1. The largest absolute Gasteiger partial charge is 0.422 e. The first kappa shape index (κ1) is 18.5. The van der Waals surface area contributed by atoms with Crippen LogP contribution < -0.4 is 4.74 Å². The summed E-state index contributed by atoms with van der Waals surface area (Å²) in [6.45, 7) is 0. The molecule has 0 radical (unpaired) electrons. The Morgan fingerprint density at radius 2 is 1.56 bits per heavy atom. The van der Waals surface area contributed by atoms with Gasteiger partial charge in [0.2, 0.25) is 0 Å². The second-order valence-electron chi connectivity index (χ2n) is 5.61. The van der Waals surface area contributed by atoms with Crippen molar-refractivity contribution in [3.63, 3.8) is 0 Å². The van der Waals surface area contributed by atoms with Crippen LogP contribution in [0.1, 0.15) is 26.3 Å². The minimum atomic E-state index is -0.807. The highest BCUT2D eigenvalue weighted by molar-refractivity contribution is 6.30. The average Bonchev–Trinajstić information content (AvgIpc) is 2.68. The van der Waals surface area contributed by atoms with Crippen LogP contribution in [0.2, 0.25) is 5.02 Å². The number of carbonyl (C=O) groups is 2. The minimum Gasteiger partial charge on any atom is -0.422 e. The molecule has 0 heterocycles. The van der Waals surface area contributed by atoms with Crippen molar-refractivity contribution in [1.82, 2.24) is 0 Å². The van der Waals surface area contributed by atoms with E-state index in [1.54, 1.807) is 60.7 Å². The second kappa shape index (κ2) is 8.43. The normalized spacial score (nSPS) is 10.7. The molecule has 0 amide bonds. The van der Waals surface area contributed by atoms with Gasteiger partial charge in [-0.3, -0.25) is 4.79 Å². The maximum atomic E-state index is 13.7. The summed E-state index contributed by atoms with van der Waals surface area (Å²) < 4.78 is 19.1. The molecule has 0 spiro atoms. The Kier molecular flexibility index (Phi) is 5.79. The molecule has 3 rings (SSSR count). The Labute approximate surface area is 160 Å². The number of halogens is 2. The lowest BCUT2D eigenvalue weighted by Gasteiger charge is -2.08. The van der Waals surface area contributed by atoms with Gasteiger partial charge in [-0.05, 0) is 54.6 Å². The van der Waals surface area contributed by atoms with Crippen LogP contribution in [0.4, 0.5) is 4.39 Å². The molecule has 0 bridgehead atoms. The van der Waals surface area contributed by atoms with Gasteiger partial charge in [-0.2, -0.15) is 0 Å². The predicted octanol–water partition coefficient (Wildman–Crippen LogP) is 5.59. The Morgan fingerprint density at radius 3 is 2.30 bits per heavy atom. The molecular weight excluding hydrogens is 367 g/mol. The summed E-state index contributed by atoms with van der Waals surface area (Å²) in [5, 5.41) is 0.543. The summed E-state index contributed by atoms with van der Waals surface area (Å²) in [4.78, 5) is 24.5. The van der Waals surface area contributed by atoms with E-state index >= 15 is 0 Å². The maximum Gasteiger partial charge on any atom is 0.346 e. The third-order valence-corrected chi connectivity index (χ3v) is 4.01. The van der Waals surface area contributed by atoms with Gasteiger partial charge >= 0.3 is 5.97 Å². The maximum absolute atomic E-state index is 13.7. The lowest BCUT2D eigenvalue weighted by Crippen LogP contribution is -2.11. The number of hydrogen-bond acceptors (Lipinski definition) is 3. The van der Waals surface area contributed by atoms with Crippen LogP contribution in [0.5, 0.6) is 5.75 Å². The molecular formula is C22H14ClFO3. The fourth-order valence-electron chi connectivity index (χ4n) is 2.37. The lowest BCUT2D eigenvalue weighted by molar-refractivity contribution is 0.0729. The second-order valence-corrected chi connectivity index (χ2v) is 6.05. The Balaban J connectivity index is 1.80. The van der Waals surface area contributed by atoms with Crippen LogP contribution in [-0.2, 0) is 0 Å². The van der Waals surface area contributed by atoms with Crippen LogP contribution in [0.3, 0.4) is 0 Å². The first-order valence-electron chi connectivity index (χ1n) is 8.08. The summed E-state index contributed by atoms with van der Waals surface area (Å²) in [6, 6.07) is 18.8. The number of carbonyl (C=O) groups excluding carboxylic acids is 2. The lowest BCUT2D eigenvalue weighted by atomic mass is 10.1. The number of ketones is 1. The van der Waals surface area contributed by atoms with Gasteiger partial charge in [-0.1, -0.05) is 41.9 Å². The molecule has 0 aliphatic rings. The van der Waals surface area contributed by atoms with Crippen LogP contribution in [-0.4, -0.2) is 11.8 Å². The number of hydrogen-bond donors (Lipinski definition) is 0. The Bertz CT molecular complexity index is 1010. The molecule has 0 saturated carbocycles. The van der Waals surface area contributed by atoms with Gasteiger partial charge in [0.25, 0.3) is 0 Å². The molecule has 0 saturated heterocycles. The zero-order valence-corrected chi connectivity index (χ0v) is 14.8. The summed E-state index contributed by atoms with van der Waals surface area (Å²) >= 11 is 5.82. The third kappa shape index (κ3) is 4.68. The van der Waals surface area contributed by atoms with Crippen LogP contribution >= 0.6 is 11.6 Å². The van der Waals surface area contributed by atoms with Crippen molar-refractivity contribution >= 4 is 29.4 Å². The molecule has 0 aromatic heterocycles. The van der Waals surface area contributed by atoms with Crippen molar-refractivity contribution < 1.29 is 18.7 Å². The van der Waals surface area contributed by atoms with Crippen molar-refractivity contribution in [2.75, 3.05) is 0 Å². The molecule has 3 aromatic rings. The molecule has 0 fully saturated rings. The minimum absolute atomic E-state index is 0.159. The molecule has 5 heteroatoms. The van der Waals surface area contributed by atoms with Gasteiger partial charge < -0.3 is 4.74 Å². The van der Waals surface area contributed by atoms with Gasteiger partial charge in [0.05, 0.1) is 5.56 Å². The van der Waals surface area contributed by atoms with Gasteiger partial charge in [0, 0.05) is 16.1 Å². The quantitative estimate of drug-likeness (QED) is 0.250. The van der Waals surface area contributed by atoms with E-state index in [9.17, 15) is 14.0 Å². The highest BCUT2D eigenvalue weighted by Gasteiger charge is 2.14. The van der Waals surface area contributed by atoms with E-state index in [-0.39, 0.29) is 17.1 Å². The summed E-state index contributed by atoms with van der Waals surface area (Å²) in [7, 11) is 0. The van der Waals surface area contributed by atoms with Crippen molar-refractivity contribution in [1.29, 1.82) is 0 Å². The summed E-state index contributed by atoms with van der Waals surface area (Å²) in [5.41, 5.74) is 0.842. The molecule has 3 aromatic carbocycles. The van der Waals surface area contributed by atoms with Crippen molar-refractivity contribution in [3.8, 4) is 5.75 Å². The number of ether oxygens (including phenoxy) is 1. The molecule has 134 valence electrons. The van der Waals surface area contributed by atoms with E-state index in [0.717, 1.165) is 0 Å². The van der Waals surface area contributed by atoms with Gasteiger partial charge in [0.15, 0.2) is 5.78 Å². The SMILES string of the molecule is O=C(C=Cc1ccccc1OC(=O)c1ccccc1F)c1ccc(Cl)cc1. The molecule has 0 N–H and O–H groups in total. The van der Waals surface area contributed by atoms with Crippen LogP contribution in [0.15, 0.2) is 78.9 Å². The third-order valence-electron chi connectivity index (χ3n) is 3.76. The molecule has 0 aliphatic carbocycles. The van der Waals surface area contributed by atoms with E-state index in [1.807, 2.05) is 0 Å². The zero-order chi connectivity index (χ0) is 19.2. The monoisotopic (exact) mass is 380 g/mol. The average molecular weight is 381 g/mol. The topological polar surface area (TPSA) is 43.4 Å². The number of allylic oxidation sites excluding steroid dienone is 1. The number of benzene rings is 3. The Morgan fingerprint density at radius 1 is 0.889 bits per heavy atom. The molecule has 27 heavy (non-hydrogen) atoms. The number of esters is 1. The van der Waals surface area contributed by atoms with Gasteiger partial charge in [0.1, 0.15) is 11.6 Å². The zero-order valence-electron chi connectivity index (χ0n) is 14.1. The molecule has 0 aliphatic heterocycles. The van der Waals surface area contributed by atoms with Crippen molar-refractivity contribution in [2.24, 2.45) is 0 Å². The van der Waals surface area contributed by atoms with E-state index < -0.39 is 11.8 Å². The number of rotatable bonds is 5. The highest BCUT2D eigenvalue weighted by atomic mass is 35.5. The van der Waals surface area contributed by atoms with Crippen molar-refractivity contribution in [3.05, 3.63) is 106 Å². The molecule has 0 unspecified atom stereocenters. The van der Waals surface area contributed by atoms with Gasteiger partial charge in [-0.15, -0.1) is 0 Å². The van der Waals surface area contributed by atoms with E-state index in [1.165, 1.54) is 24.3 Å². The first-order valence-corrected chi connectivity index (χ1v) is 8.46. The van der Waals surface area contributed by atoms with E-state index in [0.29, 0.717) is 16.1 Å². The van der Waals surface area contributed by atoms with E-state index in [2.05, 4.69) is 0 Å². The predicted molar refractivity (Wildman–Crippen MR) is 103 cm³/mol. The smallest absolute Gasteiger partial charge is 0.346 e. The van der Waals surface area contributed by atoms with Gasteiger partial charge in [-0.25, -0.2) is 9.18 Å². The fraction of sp³-hybridized carbons (Fsp3) is 0. The summed E-state index contributed by atoms with van der Waals surface area (Å²) in [6.07, 6.45) is 2.92. The highest BCUT2D eigenvalue weighted by Crippen LogP contribution is 2.22. The van der Waals surface area contributed by atoms with Crippen LogP contribution in [0.25, 0.3) is 6.08 Å². The Hall–Kier alpha value is -3.24. The molecule has 0 atom stereocenters. The fourth-order valence-corrected chi connectivity index (χ4v) is 2.49. The van der Waals surface area contributed by atoms with E-state index in [4.69, 9.17) is 16.3 Å². The molecule has 3 nitrogen and oxygen atoms in total. The standard InChI is InChI=1S/C22H14ClFO3/c23-17-12-9-15(10-13-17)20(25)14-11-16-5-1-4-8-21(16)27-22(26)18-6-2-3-7-19(18)24/h1-14H. The first-order chi connectivity index (χ1) is 13.0. The van der Waals surface area contributed by atoms with Crippen molar-refractivity contribution in [2.45, 2.75) is 0 Å². The summed E-state index contributed by atoms with van der Waals surface area (Å²) in [5.74, 6) is -1.46. The van der Waals surface area contributed by atoms with Crippen LogP contribution in [0, 0.1) is 5.82 Å².